The molecule has 0 bridgehead atoms. The molecule has 0 aromatic carbocycles. The molecule has 0 aromatic heterocycles. The third kappa shape index (κ3) is 6.41. The van der Waals surface area contributed by atoms with Crippen molar-refractivity contribution in [3.05, 3.63) is 0 Å². The van der Waals surface area contributed by atoms with Crippen molar-refractivity contribution in [1.82, 2.24) is 0 Å². The summed E-state index contributed by atoms with van der Waals surface area (Å²) >= 11 is 0. The summed E-state index contributed by atoms with van der Waals surface area (Å²) in [5.74, 6) is -0.0579. The average molecular weight is 219 g/mol. The first-order valence-electron chi connectivity index (χ1n) is 4.15. The number of guanidine groups is 2. The van der Waals surface area contributed by atoms with Gasteiger partial charge in [-0.2, -0.15) is 4.99 Å². The monoisotopic (exact) mass is 219 g/mol. The molecule has 2 unspecified atom stereocenters. The summed E-state index contributed by atoms with van der Waals surface area (Å²) in [5.41, 5.74) is 15.5. The smallest absolute Gasteiger partial charge is 0.218 e. The molecule has 14 heavy (non-hydrogen) atoms. The molecule has 0 amide bonds. The number of nitrogens with two attached hydrogens (primary N) is 3. The molecule has 0 saturated heterocycles. The van der Waals surface area contributed by atoms with Gasteiger partial charge in [0.15, 0.2) is 5.96 Å². The van der Waals surface area contributed by atoms with Gasteiger partial charge in [-0.05, 0) is 6.42 Å². The van der Waals surface area contributed by atoms with Gasteiger partial charge < -0.3 is 17.2 Å². The zero-order valence-electron chi connectivity index (χ0n) is 8.43. The van der Waals surface area contributed by atoms with Crippen LogP contribution in [0.4, 0.5) is 0 Å². The molecule has 0 heterocycles. The van der Waals surface area contributed by atoms with Crippen LogP contribution >= 0.6 is 0 Å². The van der Waals surface area contributed by atoms with E-state index in [2.05, 4.69) is 9.98 Å². The quantitative estimate of drug-likeness (QED) is 0.403. The molecule has 0 aliphatic carbocycles. The molecule has 82 valence electrons. The van der Waals surface area contributed by atoms with Crippen LogP contribution in [0.15, 0.2) is 9.98 Å². The predicted octanol–water partition coefficient (Wildman–Crippen LogP) is -1.27. The summed E-state index contributed by atoms with van der Waals surface area (Å²) in [6, 6.07) is 0. The van der Waals surface area contributed by atoms with Crippen molar-refractivity contribution >= 4 is 22.7 Å². The summed E-state index contributed by atoms with van der Waals surface area (Å²) in [6.07, 6.45) is 2.36. The first kappa shape index (κ1) is 12.9. The van der Waals surface area contributed by atoms with Gasteiger partial charge in [-0.3, -0.25) is 9.20 Å². The van der Waals surface area contributed by atoms with E-state index in [4.69, 9.17) is 17.2 Å². The van der Waals surface area contributed by atoms with Gasteiger partial charge >= 0.3 is 0 Å². The fraction of sp³-hybridized carbons (Fsp3) is 0.714. The van der Waals surface area contributed by atoms with E-state index in [1.54, 1.807) is 6.26 Å². The maximum Gasteiger partial charge on any atom is 0.218 e. The number of hydrogen-bond donors (Lipinski definition) is 3. The van der Waals surface area contributed by atoms with E-state index >= 15 is 0 Å². The van der Waals surface area contributed by atoms with Crippen LogP contribution in [0, 0.1) is 0 Å². The maximum absolute atomic E-state index is 11.0. The molecule has 0 aromatic rings. The lowest BCUT2D eigenvalue weighted by Gasteiger charge is -2.04. The molecule has 0 rings (SSSR count). The van der Waals surface area contributed by atoms with Gasteiger partial charge in [0, 0.05) is 28.9 Å². The lowest BCUT2D eigenvalue weighted by molar-refractivity contribution is 0.670. The first-order valence-corrected chi connectivity index (χ1v) is 5.77. The Kier molecular flexibility index (Phi) is 5.86. The largest absolute Gasteiger partial charge is 0.370 e. The molecular formula is C7H17N5OS. The van der Waals surface area contributed by atoms with Crippen molar-refractivity contribution in [2.75, 3.05) is 12.8 Å². The van der Waals surface area contributed by atoms with Gasteiger partial charge in [-0.1, -0.05) is 6.92 Å². The van der Waals surface area contributed by atoms with Crippen molar-refractivity contribution in [1.29, 1.82) is 0 Å². The van der Waals surface area contributed by atoms with Crippen LogP contribution in [0.25, 0.3) is 0 Å². The van der Waals surface area contributed by atoms with E-state index < -0.39 is 10.8 Å². The molecule has 0 saturated carbocycles. The normalized spacial score (nSPS) is 16.0. The molecule has 0 radical (unpaired) electrons. The van der Waals surface area contributed by atoms with Crippen LogP contribution in [0.5, 0.6) is 0 Å². The van der Waals surface area contributed by atoms with Crippen LogP contribution in [0.2, 0.25) is 0 Å². The summed E-state index contributed by atoms with van der Waals surface area (Å²) in [6.45, 7) is 2.37. The summed E-state index contributed by atoms with van der Waals surface area (Å²) in [5, 5.41) is 0.103. The Morgan fingerprint density at radius 2 is 2.00 bits per heavy atom. The van der Waals surface area contributed by atoms with E-state index in [0.29, 0.717) is 13.0 Å². The summed E-state index contributed by atoms with van der Waals surface area (Å²) in [4.78, 5) is 7.44. The fourth-order valence-electron chi connectivity index (χ4n) is 0.694. The van der Waals surface area contributed by atoms with Crippen LogP contribution in [0.3, 0.4) is 0 Å². The number of aliphatic imine (C=N–C) groups is 2. The van der Waals surface area contributed by atoms with Gasteiger partial charge in [0.25, 0.3) is 0 Å². The zero-order chi connectivity index (χ0) is 11.1. The van der Waals surface area contributed by atoms with Gasteiger partial charge in [-0.15, -0.1) is 0 Å². The van der Waals surface area contributed by atoms with Crippen molar-refractivity contribution in [2.45, 2.75) is 18.6 Å². The van der Waals surface area contributed by atoms with Gasteiger partial charge in [0.2, 0.25) is 5.96 Å². The highest BCUT2D eigenvalue weighted by Gasteiger charge is 2.04. The molecule has 6 N–H and O–H groups in total. The Hall–Kier alpha value is -1.11. The van der Waals surface area contributed by atoms with Crippen LogP contribution in [0.1, 0.15) is 13.3 Å². The molecule has 0 aliphatic rings. The molecule has 6 nitrogen and oxygen atoms in total. The van der Waals surface area contributed by atoms with Crippen LogP contribution < -0.4 is 17.2 Å². The highest BCUT2D eigenvalue weighted by molar-refractivity contribution is 7.84. The van der Waals surface area contributed by atoms with Gasteiger partial charge in [0.05, 0.1) is 0 Å². The molecular weight excluding hydrogens is 202 g/mol. The van der Waals surface area contributed by atoms with E-state index in [1.165, 1.54) is 0 Å². The summed E-state index contributed by atoms with van der Waals surface area (Å²) in [7, 11) is -0.831. The number of hydrogen-bond acceptors (Lipinski definition) is 2. The highest BCUT2D eigenvalue weighted by atomic mass is 32.2. The highest BCUT2D eigenvalue weighted by Crippen LogP contribution is 1.98. The maximum atomic E-state index is 11.0. The zero-order valence-corrected chi connectivity index (χ0v) is 9.25. The Morgan fingerprint density at radius 1 is 1.43 bits per heavy atom. The molecule has 2 atom stereocenters. The topological polar surface area (TPSA) is 120 Å². The number of nitrogens with zero attached hydrogens (tertiary/aromatic N) is 2. The minimum absolute atomic E-state index is 0.0547. The van der Waals surface area contributed by atoms with Crippen molar-refractivity contribution in [3.8, 4) is 0 Å². The lowest BCUT2D eigenvalue weighted by Crippen LogP contribution is -2.26. The summed E-state index contributed by atoms with van der Waals surface area (Å²) < 4.78 is 11.0. The molecule has 0 spiro atoms. The molecule has 7 heteroatoms. The van der Waals surface area contributed by atoms with Gasteiger partial charge in [-0.25, -0.2) is 0 Å². The van der Waals surface area contributed by atoms with Crippen LogP contribution in [-0.2, 0) is 10.8 Å². The Labute approximate surface area is 86.1 Å². The first-order chi connectivity index (χ1) is 6.43. The third-order valence-corrected chi connectivity index (χ3v) is 2.99. The molecule has 0 fully saturated rings. The second-order valence-corrected chi connectivity index (χ2v) is 4.68. The van der Waals surface area contributed by atoms with Gasteiger partial charge in [0.1, 0.15) is 0 Å². The standard InChI is InChI=1S/C7H17N5OS/c1-5(14(2)13)3-4-11-7(10)12-6(8)9/h5H,3-4H2,1-2H3,(H6,8,9,10,11,12). The SMILES string of the molecule is CC(CCN=C(N)N=C(N)N)S(C)=O. The minimum Gasteiger partial charge on any atom is -0.370 e. The number of rotatable bonds is 4. The minimum atomic E-state index is -0.831. The van der Waals surface area contributed by atoms with E-state index in [-0.39, 0.29) is 17.2 Å². The predicted molar refractivity (Wildman–Crippen MR) is 60.4 cm³/mol. The van der Waals surface area contributed by atoms with E-state index in [9.17, 15) is 4.21 Å². The average Bonchev–Trinajstić information content (AvgIpc) is 2.02. The van der Waals surface area contributed by atoms with Crippen LogP contribution in [-0.4, -0.2) is 34.2 Å². The Balaban J connectivity index is 3.94. The van der Waals surface area contributed by atoms with Crippen molar-refractivity contribution < 1.29 is 4.21 Å². The Bertz CT molecular complexity index is 259. The van der Waals surface area contributed by atoms with Crippen molar-refractivity contribution in [3.63, 3.8) is 0 Å². The Morgan fingerprint density at radius 3 is 2.43 bits per heavy atom. The van der Waals surface area contributed by atoms with E-state index in [1.807, 2.05) is 6.92 Å². The van der Waals surface area contributed by atoms with Crippen molar-refractivity contribution in [2.24, 2.45) is 27.2 Å². The second kappa shape index (κ2) is 6.36. The van der Waals surface area contributed by atoms with E-state index in [0.717, 1.165) is 0 Å². The second-order valence-electron chi connectivity index (χ2n) is 2.87. The lowest BCUT2D eigenvalue weighted by atomic mass is 10.3. The molecule has 0 aliphatic heterocycles. The fourth-order valence-corrected chi connectivity index (χ4v) is 1.13. The third-order valence-electron chi connectivity index (χ3n) is 1.62.